The van der Waals surface area contributed by atoms with Crippen LogP contribution in [0.25, 0.3) is 0 Å². The third-order valence-corrected chi connectivity index (χ3v) is 6.11. The molecule has 0 bridgehead atoms. The number of amides is 2. The summed E-state index contributed by atoms with van der Waals surface area (Å²) in [6.07, 6.45) is 0.952. The minimum atomic E-state index is -0.152. The van der Waals surface area contributed by atoms with Gasteiger partial charge in [-0.25, -0.2) is 0 Å². The van der Waals surface area contributed by atoms with Crippen molar-refractivity contribution in [1.29, 1.82) is 0 Å². The lowest BCUT2D eigenvalue weighted by Crippen LogP contribution is -2.35. The Bertz CT molecular complexity index is 989. The Morgan fingerprint density at radius 3 is 2.57 bits per heavy atom. The van der Waals surface area contributed by atoms with Crippen molar-refractivity contribution in [3.63, 3.8) is 0 Å². The molecule has 2 amide bonds. The molecule has 154 valence electrons. The molecule has 0 unspecified atom stereocenters. The fraction of sp³-hybridized carbons (Fsp3) is 0.250. The van der Waals surface area contributed by atoms with E-state index in [1.165, 1.54) is 16.9 Å². The van der Waals surface area contributed by atoms with Crippen molar-refractivity contribution in [2.24, 2.45) is 0 Å². The molecule has 5 nitrogen and oxygen atoms in total. The number of nitrogens with one attached hydrogen (secondary N) is 1. The second-order valence-corrected chi connectivity index (χ2v) is 8.37. The highest BCUT2D eigenvalue weighted by molar-refractivity contribution is 7.12. The van der Waals surface area contributed by atoms with Crippen molar-refractivity contribution in [2.75, 3.05) is 31.5 Å². The zero-order valence-electron chi connectivity index (χ0n) is 16.8. The van der Waals surface area contributed by atoms with E-state index in [9.17, 15) is 9.59 Å². The molecule has 0 spiro atoms. The first-order chi connectivity index (χ1) is 14.7. The smallest absolute Gasteiger partial charge is 0.265 e. The van der Waals surface area contributed by atoms with Crippen LogP contribution in [0.4, 0.5) is 5.69 Å². The second-order valence-electron chi connectivity index (χ2n) is 7.42. The topological polar surface area (TPSA) is 52.7 Å². The van der Waals surface area contributed by atoms with Gasteiger partial charge in [0.05, 0.1) is 4.88 Å². The highest BCUT2D eigenvalue weighted by Crippen LogP contribution is 2.17. The SMILES string of the molecule is O=C(Nc1cccc(C(=O)N2CCCN(Cc3ccccc3)CC2)c1)c1cccs1. The van der Waals surface area contributed by atoms with Crippen LogP contribution in [-0.2, 0) is 6.54 Å². The fourth-order valence-corrected chi connectivity index (χ4v) is 4.31. The molecule has 0 radical (unpaired) electrons. The fourth-order valence-electron chi connectivity index (χ4n) is 3.69. The van der Waals surface area contributed by atoms with Crippen LogP contribution in [0.2, 0.25) is 0 Å². The number of thiophene rings is 1. The maximum absolute atomic E-state index is 13.1. The molecule has 30 heavy (non-hydrogen) atoms. The number of hydrogen-bond acceptors (Lipinski definition) is 4. The molecular weight excluding hydrogens is 394 g/mol. The Balaban J connectivity index is 1.37. The van der Waals surface area contributed by atoms with E-state index in [0.717, 1.165) is 32.6 Å². The molecule has 1 aliphatic heterocycles. The summed E-state index contributed by atoms with van der Waals surface area (Å²) in [5.74, 6) is -0.135. The molecule has 1 fully saturated rings. The van der Waals surface area contributed by atoms with Gasteiger partial charge in [0.15, 0.2) is 0 Å². The van der Waals surface area contributed by atoms with Crippen molar-refractivity contribution >= 4 is 28.8 Å². The van der Waals surface area contributed by atoms with Crippen molar-refractivity contribution in [2.45, 2.75) is 13.0 Å². The van der Waals surface area contributed by atoms with Crippen LogP contribution in [0, 0.1) is 0 Å². The minimum Gasteiger partial charge on any atom is -0.337 e. The van der Waals surface area contributed by atoms with Gasteiger partial charge in [0, 0.05) is 44.0 Å². The van der Waals surface area contributed by atoms with E-state index < -0.39 is 0 Å². The first kappa shape index (κ1) is 20.3. The highest BCUT2D eigenvalue weighted by Gasteiger charge is 2.21. The lowest BCUT2D eigenvalue weighted by atomic mass is 10.1. The molecule has 1 aromatic heterocycles. The van der Waals surface area contributed by atoms with E-state index in [4.69, 9.17) is 0 Å². The van der Waals surface area contributed by atoms with Crippen molar-refractivity contribution in [1.82, 2.24) is 9.80 Å². The van der Waals surface area contributed by atoms with Crippen LogP contribution >= 0.6 is 11.3 Å². The maximum atomic E-state index is 13.1. The predicted molar refractivity (Wildman–Crippen MR) is 121 cm³/mol. The zero-order valence-corrected chi connectivity index (χ0v) is 17.6. The van der Waals surface area contributed by atoms with E-state index in [1.807, 2.05) is 40.6 Å². The molecule has 2 aromatic carbocycles. The van der Waals surface area contributed by atoms with Gasteiger partial charge in [-0.3, -0.25) is 14.5 Å². The Hall–Kier alpha value is -2.96. The molecule has 2 heterocycles. The van der Waals surface area contributed by atoms with Crippen LogP contribution in [-0.4, -0.2) is 47.8 Å². The number of carbonyl (C=O) groups is 2. The van der Waals surface area contributed by atoms with E-state index in [-0.39, 0.29) is 11.8 Å². The molecule has 0 aliphatic carbocycles. The Morgan fingerprint density at radius 1 is 0.900 bits per heavy atom. The first-order valence-electron chi connectivity index (χ1n) is 10.2. The molecule has 3 aromatic rings. The quantitative estimate of drug-likeness (QED) is 0.669. The second kappa shape index (κ2) is 9.69. The minimum absolute atomic E-state index is 0.0174. The van der Waals surface area contributed by atoms with Gasteiger partial charge >= 0.3 is 0 Å². The van der Waals surface area contributed by atoms with Crippen molar-refractivity contribution < 1.29 is 9.59 Å². The lowest BCUT2D eigenvalue weighted by Gasteiger charge is -2.22. The van der Waals surface area contributed by atoms with E-state index in [2.05, 4.69) is 34.5 Å². The van der Waals surface area contributed by atoms with Crippen molar-refractivity contribution in [3.05, 3.63) is 88.1 Å². The summed E-state index contributed by atoms with van der Waals surface area (Å²) in [5, 5.41) is 4.75. The summed E-state index contributed by atoms with van der Waals surface area (Å²) in [7, 11) is 0. The average Bonchev–Trinajstić information content (AvgIpc) is 3.22. The summed E-state index contributed by atoms with van der Waals surface area (Å²) in [4.78, 5) is 30.3. The number of benzene rings is 2. The molecule has 0 atom stereocenters. The molecule has 6 heteroatoms. The van der Waals surface area contributed by atoms with Gasteiger partial charge in [0.1, 0.15) is 0 Å². The van der Waals surface area contributed by atoms with E-state index >= 15 is 0 Å². The average molecular weight is 420 g/mol. The third-order valence-electron chi connectivity index (χ3n) is 5.24. The standard InChI is InChI=1S/C24H25N3O2S/c28-23(22-11-5-16-30-22)25-21-10-4-9-20(17-21)24(29)27-13-6-12-26(14-15-27)18-19-7-2-1-3-8-19/h1-5,7-11,16-17H,6,12-15,18H2,(H,25,28). The maximum Gasteiger partial charge on any atom is 0.265 e. The largest absolute Gasteiger partial charge is 0.337 e. The summed E-state index contributed by atoms with van der Waals surface area (Å²) < 4.78 is 0. The van der Waals surface area contributed by atoms with Gasteiger partial charge in [0.2, 0.25) is 0 Å². The molecule has 1 saturated heterocycles. The summed E-state index contributed by atoms with van der Waals surface area (Å²) in [6, 6.07) is 21.3. The van der Waals surface area contributed by atoms with E-state index in [0.29, 0.717) is 22.7 Å². The Morgan fingerprint density at radius 2 is 1.77 bits per heavy atom. The highest BCUT2D eigenvalue weighted by atomic mass is 32.1. The van der Waals surface area contributed by atoms with Gasteiger partial charge < -0.3 is 10.2 Å². The lowest BCUT2D eigenvalue weighted by molar-refractivity contribution is 0.0761. The van der Waals surface area contributed by atoms with Crippen LogP contribution < -0.4 is 5.32 Å². The van der Waals surface area contributed by atoms with Crippen LogP contribution in [0.1, 0.15) is 32.0 Å². The van der Waals surface area contributed by atoms with Gasteiger partial charge in [-0.2, -0.15) is 0 Å². The molecular formula is C24H25N3O2S. The Kier molecular flexibility index (Phi) is 6.57. The normalized spacial score (nSPS) is 14.9. The number of carbonyl (C=O) groups excluding carboxylic acids is 2. The first-order valence-corrected chi connectivity index (χ1v) is 11.1. The van der Waals surface area contributed by atoms with Gasteiger partial charge in [-0.15, -0.1) is 11.3 Å². The van der Waals surface area contributed by atoms with Crippen LogP contribution in [0.5, 0.6) is 0 Å². The van der Waals surface area contributed by atoms with Crippen molar-refractivity contribution in [3.8, 4) is 0 Å². The Labute approximate surface area is 180 Å². The summed E-state index contributed by atoms with van der Waals surface area (Å²) in [6.45, 7) is 4.20. The summed E-state index contributed by atoms with van der Waals surface area (Å²) in [5.41, 5.74) is 2.54. The van der Waals surface area contributed by atoms with Gasteiger partial charge in [0.25, 0.3) is 11.8 Å². The van der Waals surface area contributed by atoms with Gasteiger partial charge in [-0.1, -0.05) is 42.5 Å². The number of rotatable bonds is 5. The molecule has 0 saturated carbocycles. The number of hydrogen-bond donors (Lipinski definition) is 1. The molecule has 4 rings (SSSR count). The number of nitrogens with zero attached hydrogens (tertiary/aromatic N) is 2. The zero-order chi connectivity index (χ0) is 20.8. The van der Waals surface area contributed by atoms with Crippen LogP contribution in [0.3, 0.4) is 0 Å². The van der Waals surface area contributed by atoms with E-state index in [1.54, 1.807) is 12.1 Å². The number of anilines is 1. The third kappa shape index (κ3) is 5.14. The predicted octanol–water partition coefficient (Wildman–Crippen LogP) is 4.35. The van der Waals surface area contributed by atoms with Crippen LogP contribution in [0.15, 0.2) is 72.1 Å². The van der Waals surface area contributed by atoms with Gasteiger partial charge in [-0.05, 0) is 41.6 Å². The summed E-state index contributed by atoms with van der Waals surface area (Å²) >= 11 is 1.39. The monoisotopic (exact) mass is 419 g/mol. The molecule has 1 aliphatic rings. The molecule has 1 N–H and O–H groups in total.